The van der Waals surface area contributed by atoms with Crippen LogP contribution in [-0.2, 0) is 4.79 Å². The van der Waals surface area contributed by atoms with Gasteiger partial charge in [-0.2, -0.15) is 5.26 Å². The Balaban J connectivity index is 2.27. The molecule has 0 amide bonds. The quantitative estimate of drug-likeness (QED) is 0.873. The maximum atomic E-state index is 10.9. The van der Waals surface area contributed by atoms with E-state index in [0.29, 0.717) is 30.1 Å². The normalized spacial score (nSPS) is 19.1. The Hall–Kier alpha value is -1.73. The zero-order chi connectivity index (χ0) is 12.4. The predicted molar refractivity (Wildman–Crippen MR) is 64.1 cm³/mol. The minimum absolute atomic E-state index is 0.361. The lowest BCUT2D eigenvalue weighted by Crippen LogP contribution is -2.23. The van der Waals surface area contributed by atoms with Crippen LogP contribution in [0.25, 0.3) is 0 Å². The third kappa shape index (κ3) is 2.34. The van der Waals surface area contributed by atoms with Crippen molar-refractivity contribution in [2.24, 2.45) is 5.92 Å². The average molecular weight is 251 g/mol. The van der Waals surface area contributed by atoms with E-state index in [1.54, 1.807) is 18.2 Å². The lowest BCUT2D eigenvalue weighted by molar-refractivity contribution is -0.140. The van der Waals surface area contributed by atoms with Gasteiger partial charge in [-0.05, 0) is 24.6 Å². The molecular weight excluding hydrogens is 240 g/mol. The number of carboxylic acid groups (broad SMARTS) is 1. The Morgan fingerprint density at radius 1 is 1.59 bits per heavy atom. The molecule has 2 rings (SSSR count). The summed E-state index contributed by atoms with van der Waals surface area (Å²) in [7, 11) is 0. The smallest absolute Gasteiger partial charge is 0.308 e. The average Bonchev–Trinajstić information content (AvgIpc) is 2.78. The van der Waals surface area contributed by atoms with Gasteiger partial charge in [0.05, 0.1) is 17.2 Å². The summed E-state index contributed by atoms with van der Waals surface area (Å²) >= 11 is 5.90. The molecule has 1 aromatic carbocycles. The molecule has 0 saturated carbocycles. The molecule has 1 aliphatic rings. The Morgan fingerprint density at radius 2 is 2.35 bits per heavy atom. The third-order valence-corrected chi connectivity index (χ3v) is 3.19. The maximum absolute atomic E-state index is 10.9. The lowest BCUT2D eigenvalue weighted by atomic mass is 10.1. The summed E-state index contributed by atoms with van der Waals surface area (Å²) in [6.45, 7) is 1.08. The topological polar surface area (TPSA) is 64.3 Å². The molecule has 1 heterocycles. The van der Waals surface area contributed by atoms with Crippen molar-refractivity contribution >= 4 is 23.3 Å². The lowest BCUT2D eigenvalue weighted by Gasteiger charge is -2.19. The van der Waals surface area contributed by atoms with E-state index in [2.05, 4.69) is 6.07 Å². The molecule has 0 bridgehead atoms. The summed E-state index contributed by atoms with van der Waals surface area (Å²) < 4.78 is 0. The van der Waals surface area contributed by atoms with Gasteiger partial charge in [0.25, 0.3) is 0 Å². The van der Waals surface area contributed by atoms with E-state index >= 15 is 0 Å². The van der Waals surface area contributed by atoms with Crippen molar-refractivity contribution in [1.29, 1.82) is 5.26 Å². The van der Waals surface area contributed by atoms with E-state index in [0.717, 1.165) is 5.69 Å². The van der Waals surface area contributed by atoms with Gasteiger partial charge in [-0.1, -0.05) is 11.6 Å². The van der Waals surface area contributed by atoms with Crippen molar-refractivity contribution in [3.63, 3.8) is 0 Å². The van der Waals surface area contributed by atoms with Crippen LogP contribution in [0.5, 0.6) is 0 Å². The van der Waals surface area contributed by atoms with Gasteiger partial charge in [0.2, 0.25) is 0 Å². The maximum Gasteiger partial charge on any atom is 0.308 e. The van der Waals surface area contributed by atoms with Gasteiger partial charge in [-0.15, -0.1) is 0 Å². The summed E-state index contributed by atoms with van der Waals surface area (Å²) in [5, 5.41) is 18.5. The molecule has 1 atom stereocenters. The van der Waals surface area contributed by atoms with Crippen LogP contribution in [0.4, 0.5) is 5.69 Å². The second kappa shape index (κ2) is 4.64. The van der Waals surface area contributed by atoms with Gasteiger partial charge in [0.15, 0.2) is 0 Å². The van der Waals surface area contributed by atoms with Gasteiger partial charge in [0.1, 0.15) is 6.07 Å². The predicted octanol–water partition coefficient (Wildman–Crippen LogP) is 2.12. The number of carboxylic acids is 1. The van der Waals surface area contributed by atoms with Crippen LogP contribution in [-0.4, -0.2) is 24.2 Å². The van der Waals surface area contributed by atoms with Crippen molar-refractivity contribution in [3.05, 3.63) is 28.8 Å². The summed E-state index contributed by atoms with van der Waals surface area (Å²) in [5.74, 6) is -1.14. The number of rotatable bonds is 2. The van der Waals surface area contributed by atoms with E-state index in [-0.39, 0.29) is 5.92 Å². The van der Waals surface area contributed by atoms with Crippen LogP contribution in [0.1, 0.15) is 12.0 Å². The van der Waals surface area contributed by atoms with E-state index in [4.69, 9.17) is 22.0 Å². The first-order chi connectivity index (χ1) is 8.11. The van der Waals surface area contributed by atoms with Gasteiger partial charge in [0, 0.05) is 18.1 Å². The highest BCUT2D eigenvalue weighted by atomic mass is 35.5. The Bertz CT molecular complexity index is 496. The SMILES string of the molecule is N#Cc1ccc(Cl)cc1N1CCC(C(=O)O)C1. The summed E-state index contributed by atoms with van der Waals surface area (Å²) in [4.78, 5) is 12.8. The van der Waals surface area contributed by atoms with Crippen molar-refractivity contribution in [3.8, 4) is 6.07 Å². The number of carbonyl (C=O) groups is 1. The molecular formula is C12H11ClN2O2. The number of hydrogen-bond donors (Lipinski definition) is 1. The van der Waals surface area contributed by atoms with Gasteiger partial charge < -0.3 is 10.0 Å². The number of anilines is 1. The first-order valence-electron chi connectivity index (χ1n) is 5.29. The number of aliphatic carboxylic acids is 1. The molecule has 1 unspecified atom stereocenters. The first kappa shape index (κ1) is 11.7. The van der Waals surface area contributed by atoms with Crippen LogP contribution in [0.3, 0.4) is 0 Å². The second-order valence-corrected chi connectivity index (χ2v) is 4.48. The first-order valence-corrected chi connectivity index (χ1v) is 5.67. The van der Waals surface area contributed by atoms with Crippen molar-refractivity contribution in [2.75, 3.05) is 18.0 Å². The minimum atomic E-state index is -0.784. The van der Waals surface area contributed by atoms with Crippen molar-refractivity contribution < 1.29 is 9.90 Å². The van der Waals surface area contributed by atoms with Crippen LogP contribution >= 0.6 is 11.6 Å². The molecule has 0 radical (unpaired) electrons. The Labute approximate surface area is 104 Å². The molecule has 1 aliphatic heterocycles. The minimum Gasteiger partial charge on any atom is -0.481 e. The molecule has 5 heteroatoms. The van der Waals surface area contributed by atoms with Crippen LogP contribution in [0.2, 0.25) is 5.02 Å². The molecule has 0 aromatic heterocycles. The summed E-state index contributed by atoms with van der Waals surface area (Å²) in [6.07, 6.45) is 0.604. The molecule has 1 N–H and O–H groups in total. The van der Waals surface area contributed by atoms with Gasteiger partial charge >= 0.3 is 5.97 Å². The van der Waals surface area contributed by atoms with Crippen molar-refractivity contribution in [1.82, 2.24) is 0 Å². The number of benzene rings is 1. The fourth-order valence-corrected chi connectivity index (χ4v) is 2.21. The van der Waals surface area contributed by atoms with Crippen LogP contribution in [0, 0.1) is 17.2 Å². The highest BCUT2D eigenvalue weighted by Gasteiger charge is 2.29. The van der Waals surface area contributed by atoms with Crippen LogP contribution < -0.4 is 4.90 Å². The fraction of sp³-hybridized carbons (Fsp3) is 0.333. The molecule has 0 spiro atoms. The van der Waals surface area contributed by atoms with Crippen molar-refractivity contribution in [2.45, 2.75) is 6.42 Å². The van der Waals surface area contributed by atoms with Crippen LogP contribution in [0.15, 0.2) is 18.2 Å². The van der Waals surface area contributed by atoms with E-state index in [1.165, 1.54) is 0 Å². The zero-order valence-corrected chi connectivity index (χ0v) is 9.81. The Kier molecular flexibility index (Phi) is 3.21. The fourth-order valence-electron chi connectivity index (χ4n) is 2.04. The molecule has 88 valence electrons. The van der Waals surface area contributed by atoms with E-state index in [1.807, 2.05) is 4.90 Å². The number of nitriles is 1. The summed E-state index contributed by atoms with van der Waals surface area (Å²) in [6, 6.07) is 7.13. The van der Waals surface area contributed by atoms with E-state index < -0.39 is 5.97 Å². The summed E-state index contributed by atoms with van der Waals surface area (Å²) in [5.41, 5.74) is 1.25. The zero-order valence-electron chi connectivity index (χ0n) is 9.06. The second-order valence-electron chi connectivity index (χ2n) is 4.04. The van der Waals surface area contributed by atoms with Gasteiger partial charge in [-0.25, -0.2) is 0 Å². The largest absolute Gasteiger partial charge is 0.481 e. The molecule has 0 aliphatic carbocycles. The monoisotopic (exact) mass is 250 g/mol. The number of nitrogens with zero attached hydrogens (tertiary/aromatic N) is 2. The molecule has 1 aromatic rings. The molecule has 4 nitrogen and oxygen atoms in total. The standard InChI is InChI=1S/C12H11ClN2O2/c13-10-2-1-8(6-14)11(5-10)15-4-3-9(7-15)12(16)17/h1-2,5,9H,3-4,7H2,(H,16,17). The molecule has 17 heavy (non-hydrogen) atoms. The highest BCUT2D eigenvalue weighted by molar-refractivity contribution is 6.30. The number of halogens is 1. The Morgan fingerprint density at radius 3 is 2.94 bits per heavy atom. The molecule has 1 fully saturated rings. The van der Waals surface area contributed by atoms with Gasteiger partial charge in [-0.3, -0.25) is 4.79 Å². The highest BCUT2D eigenvalue weighted by Crippen LogP contribution is 2.29. The van der Waals surface area contributed by atoms with E-state index in [9.17, 15) is 4.79 Å². The number of hydrogen-bond acceptors (Lipinski definition) is 3. The molecule has 1 saturated heterocycles. The third-order valence-electron chi connectivity index (χ3n) is 2.96.